The summed E-state index contributed by atoms with van der Waals surface area (Å²) in [7, 11) is 0. The van der Waals surface area contributed by atoms with Crippen LogP contribution >= 0.6 is 11.3 Å². The van der Waals surface area contributed by atoms with Gasteiger partial charge < -0.3 is 4.90 Å². The summed E-state index contributed by atoms with van der Waals surface area (Å²) in [6.45, 7) is 2.61. The van der Waals surface area contributed by atoms with Crippen LogP contribution in [-0.2, 0) is 11.2 Å². The molecular formula is C20H18N4O2S. The smallest absolute Gasteiger partial charge is 0.257 e. The maximum Gasteiger partial charge on any atom is 0.257 e. The van der Waals surface area contributed by atoms with E-state index in [0.29, 0.717) is 17.1 Å². The molecule has 7 heteroatoms. The number of fused-ring (bicyclic) bond motifs is 1. The summed E-state index contributed by atoms with van der Waals surface area (Å²) in [5.41, 5.74) is 4.49. The molecule has 0 aliphatic carbocycles. The minimum atomic E-state index is -0.207. The predicted molar refractivity (Wildman–Crippen MR) is 106 cm³/mol. The van der Waals surface area contributed by atoms with Gasteiger partial charge in [-0.3, -0.25) is 19.9 Å². The molecule has 1 aliphatic heterocycles. The topological polar surface area (TPSA) is 75.2 Å². The monoisotopic (exact) mass is 378 g/mol. The van der Waals surface area contributed by atoms with Gasteiger partial charge in [0, 0.05) is 47.6 Å². The van der Waals surface area contributed by atoms with Gasteiger partial charge in [-0.1, -0.05) is 13.0 Å². The zero-order valence-electron chi connectivity index (χ0n) is 14.8. The molecule has 1 aliphatic rings. The zero-order valence-corrected chi connectivity index (χ0v) is 15.6. The van der Waals surface area contributed by atoms with Crippen LogP contribution in [0.3, 0.4) is 0 Å². The molecule has 3 aromatic rings. The Morgan fingerprint density at radius 3 is 2.81 bits per heavy atom. The minimum Gasteiger partial charge on any atom is -0.312 e. The van der Waals surface area contributed by atoms with E-state index in [0.717, 1.165) is 35.5 Å². The Kier molecular flexibility index (Phi) is 4.68. The summed E-state index contributed by atoms with van der Waals surface area (Å²) in [5, 5.41) is 5.29. The molecule has 0 unspecified atom stereocenters. The molecule has 2 aromatic heterocycles. The molecule has 0 atom stereocenters. The van der Waals surface area contributed by atoms with E-state index < -0.39 is 0 Å². The highest BCUT2D eigenvalue weighted by molar-refractivity contribution is 7.14. The average molecular weight is 378 g/mol. The van der Waals surface area contributed by atoms with Crippen LogP contribution in [0.4, 0.5) is 10.8 Å². The summed E-state index contributed by atoms with van der Waals surface area (Å²) in [4.78, 5) is 34.5. The summed E-state index contributed by atoms with van der Waals surface area (Å²) < 4.78 is 0. The maximum atomic E-state index is 12.2. The fourth-order valence-electron chi connectivity index (χ4n) is 3.15. The summed E-state index contributed by atoms with van der Waals surface area (Å²) >= 11 is 1.39. The van der Waals surface area contributed by atoms with Crippen LogP contribution in [0, 0.1) is 0 Å². The van der Waals surface area contributed by atoms with Crippen molar-refractivity contribution < 1.29 is 9.59 Å². The minimum absolute atomic E-state index is 0.149. The van der Waals surface area contributed by atoms with Crippen molar-refractivity contribution >= 4 is 34.0 Å². The molecule has 6 nitrogen and oxygen atoms in total. The second kappa shape index (κ2) is 7.28. The number of pyridine rings is 1. The van der Waals surface area contributed by atoms with Crippen molar-refractivity contribution in [3.63, 3.8) is 0 Å². The van der Waals surface area contributed by atoms with Gasteiger partial charge in [-0.15, -0.1) is 11.3 Å². The first-order valence-electron chi connectivity index (χ1n) is 8.76. The van der Waals surface area contributed by atoms with Crippen LogP contribution in [0.5, 0.6) is 0 Å². The molecule has 1 N–H and O–H groups in total. The molecule has 0 saturated heterocycles. The number of benzene rings is 1. The number of carbonyl (C=O) groups excluding carboxylic acids is 2. The predicted octanol–water partition coefficient (Wildman–Crippen LogP) is 3.76. The van der Waals surface area contributed by atoms with E-state index in [1.54, 1.807) is 24.5 Å². The van der Waals surface area contributed by atoms with Crippen LogP contribution < -0.4 is 10.2 Å². The van der Waals surface area contributed by atoms with Gasteiger partial charge in [-0.05, 0) is 36.2 Å². The summed E-state index contributed by atoms with van der Waals surface area (Å²) in [6.07, 6.45) is 4.52. The van der Waals surface area contributed by atoms with Gasteiger partial charge in [0.05, 0.1) is 5.69 Å². The molecule has 0 bridgehead atoms. The van der Waals surface area contributed by atoms with Crippen molar-refractivity contribution in [1.29, 1.82) is 0 Å². The third-order valence-corrected chi connectivity index (χ3v) is 5.30. The van der Waals surface area contributed by atoms with E-state index in [9.17, 15) is 9.59 Å². The first-order chi connectivity index (χ1) is 13.2. The largest absolute Gasteiger partial charge is 0.312 e. The highest BCUT2D eigenvalue weighted by Gasteiger charge is 2.24. The van der Waals surface area contributed by atoms with Crippen molar-refractivity contribution in [1.82, 2.24) is 9.97 Å². The lowest BCUT2D eigenvalue weighted by Crippen LogP contribution is -2.27. The molecule has 0 fully saturated rings. The number of nitrogens with one attached hydrogen (secondary N) is 1. The zero-order chi connectivity index (χ0) is 18.8. The van der Waals surface area contributed by atoms with E-state index in [2.05, 4.69) is 21.4 Å². The van der Waals surface area contributed by atoms with Crippen molar-refractivity contribution in [3.8, 4) is 11.3 Å². The lowest BCUT2D eigenvalue weighted by Gasteiger charge is -2.16. The van der Waals surface area contributed by atoms with Crippen LogP contribution in [0.2, 0.25) is 0 Å². The molecular weight excluding hydrogens is 360 g/mol. The van der Waals surface area contributed by atoms with Gasteiger partial charge in [0.2, 0.25) is 5.91 Å². The number of nitrogens with zero attached hydrogens (tertiary/aromatic N) is 3. The maximum absolute atomic E-state index is 12.2. The third-order valence-electron chi connectivity index (χ3n) is 4.54. The summed E-state index contributed by atoms with van der Waals surface area (Å²) in [5.74, 6) is -0.0581. The first-order valence-corrected chi connectivity index (χ1v) is 9.64. The highest BCUT2D eigenvalue weighted by Crippen LogP contribution is 2.33. The Morgan fingerprint density at radius 1 is 1.22 bits per heavy atom. The SMILES string of the molecule is CCC(=O)N1CCc2cc(-c3csc(NC(=O)c4ccncc4)n3)ccc21. The Morgan fingerprint density at radius 2 is 2.04 bits per heavy atom. The Bertz CT molecular complexity index is 1000. The van der Waals surface area contributed by atoms with Gasteiger partial charge >= 0.3 is 0 Å². The fraction of sp³-hybridized carbons (Fsp3) is 0.200. The number of rotatable bonds is 4. The van der Waals surface area contributed by atoms with Gasteiger partial charge in [-0.2, -0.15) is 0 Å². The van der Waals surface area contributed by atoms with Gasteiger partial charge in [0.15, 0.2) is 5.13 Å². The van der Waals surface area contributed by atoms with E-state index in [1.165, 1.54) is 11.3 Å². The van der Waals surface area contributed by atoms with Gasteiger partial charge in [0.25, 0.3) is 5.91 Å². The fourth-order valence-corrected chi connectivity index (χ4v) is 3.86. The third kappa shape index (κ3) is 3.46. The molecule has 0 saturated carbocycles. The highest BCUT2D eigenvalue weighted by atomic mass is 32.1. The molecule has 1 aromatic carbocycles. The van der Waals surface area contributed by atoms with Crippen LogP contribution in [0.15, 0.2) is 48.1 Å². The number of hydrogen-bond donors (Lipinski definition) is 1. The van der Waals surface area contributed by atoms with Crippen molar-refractivity contribution in [2.45, 2.75) is 19.8 Å². The molecule has 0 spiro atoms. The van der Waals surface area contributed by atoms with E-state index in [1.807, 2.05) is 29.3 Å². The van der Waals surface area contributed by atoms with Crippen molar-refractivity contribution in [3.05, 3.63) is 59.2 Å². The summed E-state index contributed by atoms with van der Waals surface area (Å²) in [6, 6.07) is 9.37. The molecule has 0 radical (unpaired) electrons. The van der Waals surface area contributed by atoms with Crippen LogP contribution in [0.1, 0.15) is 29.3 Å². The second-order valence-corrected chi connectivity index (χ2v) is 7.08. The number of hydrogen-bond acceptors (Lipinski definition) is 5. The van der Waals surface area contributed by atoms with E-state index in [-0.39, 0.29) is 11.8 Å². The number of thiazole rings is 1. The molecule has 136 valence electrons. The second-order valence-electron chi connectivity index (χ2n) is 6.22. The normalized spacial score (nSPS) is 12.7. The number of amides is 2. The standard InChI is InChI=1S/C20H18N4O2S/c1-2-18(25)24-10-7-15-11-14(3-4-17(15)24)16-12-27-20(22-16)23-19(26)13-5-8-21-9-6-13/h3-6,8-9,11-12H,2,7,10H2,1H3,(H,22,23,26). The van der Waals surface area contributed by atoms with E-state index >= 15 is 0 Å². The van der Waals surface area contributed by atoms with Crippen molar-refractivity contribution in [2.75, 3.05) is 16.8 Å². The molecule has 2 amide bonds. The Labute approximate surface area is 160 Å². The molecule has 27 heavy (non-hydrogen) atoms. The Hall–Kier alpha value is -3.06. The lowest BCUT2D eigenvalue weighted by atomic mass is 10.1. The van der Waals surface area contributed by atoms with Gasteiger partial charge in [0.1, 0.15) is 0 Å². The Balaban J connectivity index is 1.52. The van der Waals surface area contributed by atoms with E-state index in [4.69, 9.17) is 0 Å². The number of aromatic nitrogens is 2. The van der Waals surface area contributed by atoms with Crippen LogP contribution in [0.25, 0.3) is 11.3 Å². The first kappa shape index (κ1) is 17.4. The number of carbonyl (C=O) groups is 2. The van der Waals surface area contributed by atoms with Crippen LogP contribution in [-0.4, -0.2) is 28.3 Å². The average Bonchev–Trinajstić information content (AvgIpc) is 3.34. The lowest BCUT2D eigenvalue weighted by molar-refractivity contribution is -0.118. The quantitative estimate of drug-likeness (QED) is 0.750. The number of anilines is 2. The molecule has 4 rings (SSSR count). The van der Waals surface area contributed by atoms with Gasteiger partial charge in [-0.25, -0.2) is 4.98 Å². The molecule has 3 heterocycles. The van der Waals surface area contributed by atoms with Crippen molar-refractivity contribution in [2.24, 2.45) is 0 Å².